The van der Waals surface area contributed by atoms with Crippen LogP contribution in [0.15, 0.2) is 41.3 Å². The maximum absolute atomic E-state index is 13.2. The minimum absolute atomic E-state index is 0.0571. The predicted molar refractivity (Wildman–Crippen MR) is 133 cm³/mol. The molecule has 1 amide bonds. The Bertz CT molecular complexity index is 1160. The lowest BCUT2D eigenvalue weighted by Crippen LogP contribution is -2.48. The van der Waals surface area contributed by atoms with E-state index < -0.39 is 17.3 Å². The lowest BCUT2D eigenvalue weighted by Gasteiger charge is -2.30. The highest BCUT2D eigenvalue weighted by atomic mass is 32.2. The SMILES string of the molecule is O=C(CN1CCn2c(cc(C(F)(F)F)cc2=O)C1)NC1CN(C2CCOC2)C[C@@H]1SCc1ccccn1. The topological polar surface area (TPSA) is 79.7 Å². The number of alkyl halides is 3. The van der Waals surface area contributed by atoms with Crippen molar-refractivity contribution in [3.8, 4) is 0 Å². The standard InChI is InChI=1S/C25H30F3N5O3S/c26-25(27,28)17-9-20-11-31(6-7-33(20)24(35)10-17)14-23(34)30-21-12-32(19-4-8-36-15-19)13-22(21)37-16-18-3-1-2-5-29-18/h1-3,5,9-10,19,21-22H,4,6-8,11-16H2,(H,30,34)/t19?,21?,22-/m0/s1. The Morgan fingerprint density at radius 3 is 2.81 bits per heavy atom. The third kappa shape index (κ3) is 6.36. The number of carbonyl (C=O) groups excluding carboxylic acids is 1. The zero-order valence-corrected chi connectivity index (χ0v) is 21.1. The van der Waals surface area contributed by atoms with E-state index >= 15 is 0 Å². The van der Waals surface area contributed by atoms with Crippen LogP contribution in [0.3, 0.4) is 0 Å². The highest BCUT2D eigenvalue weighted by Crippen LogP contribution is 2.30. The number of nitrogens with one attached hydrogen (secondary N) is 1. The molecule has 3 aliphatic heterocycles. The number of halogens is 3. The van der Waals surface area contributed by atoms with Crippen LogP contribution in [0.2, 0.25) is 0 Å². The van der Waals surface area contributed by atoms with Gasteiger partial charge in [-0.25, -0.2) is 0 Å². The number of ether oxygens (including phenoxy) is 1. The fourth-order valence-electron chi connectivity index (χ4n) is 5.23. The number of nitrogens with zero attached hydrogens (tertiary/aromatic N) is 4. The Labute approximate surface area is 217 Å². The smallest absolute Gasteiger partial charge is 0.380 e. The molecule has 0 bridgehead atoms. The summed E-state index contributed by atoms with van der Waals surface area (Å²) in [4.78, 5) is 33.8. The molecule has 0 aromatic carbocycles. The minimum Gasteiger partial charge on any atom is -0.380 e. The van der Waals surface area contributed by atoms with E-state index in [1.807, 2.05) is 18.2 Å². The molecule has 5 heterocycles. The van der Waals surface area contributed by atoms with Gasteiger partial charge in [0.15, 0.2) is 0 Å². The average Bonchev–Trinajstić information content (AvgIpc) is 3.53. The van der Waals surface area contributed by atoms with Crippen LogP contribution in [-0.4, -0.2) is 82.0 Å². The van der Waals surface area contributed by atoms with Crippen molar-refractivity contribution in [2.45, 2.75) is 48.8 Å². The number of pyridine rings is 2. The summed E-state index contributed by atoms with van der Waals surface area (Å²) in [6, 6.07) is 7.76. The van der Waals surface area contributed by atoms with Gasteiger partial charge in [-0.15, -0.1) is 11.8 Å². The molecule has 0 radical (unpaired) electrons. The Morgan fingerprint density at radius 1 is 1.22 bits per heavy atom. The molecule has 0 aliphatic carbocycles. The van der Waals surface area contributed by atoms with Crippen LogP contribution in [-0.2, 0) is 34.6 Å². The predicted octanol–water partition coefficient (Wildman–Crippen LogP) is 1.97. The van der Waals surface area contributed by atoms with Crippen molar-refractivity contribution in [3.63, 3.8) is 0 Å². The Hall–Kier alpha value is -2.41. The molecule has 8 nitrogen and oxygen atoms in total. The van der Waals surface area contributed by atoms with Crippen LogP contribution in [0.25, 0.3) is 0 Å². The summed E-state index contributed by atoms with van der Waals surface area (Å²) in [5.74, 6) is 0.576. The van der Waals surface area contributed by atoms with Crippen LogP contribution >= 0.6 is 11.8 Å². The molecule has 3 aliphatic rings. The van der Waals surface area contributed by atoms with Gasteiger partial charge in [-0.05, 0) is 24.6 Å². The molecule has 1 N–H and O–H groups in total. The van der Waals surface area contributed by atoms with Crippen molar-refractivity contribution in [2.24, 2.45) is 0 Å². The molecule has 2 aromatic rings. The lowest BCUT2D eigenvalue weighted by molar-refractivity contribution is -0.138. The van der Waals surface area contributed by atoms with Gasteiger partial charge in [0.2, 0.25) is 5.91 Å². The molecule has 0 spiro atoms. The number of rotatable bonds is 7. The summed E-state index contributed by atoms with van der Waals surface area (Å²) in [6.45, 7) is 3.86. The maximum Gasteiger partial charge on any atom is 0.416 e. The van der Waals surface area contributed by atoms with Crippen molar-refractivity contribution in [1.82, 2.24) is 24.7 Å². The van der Waals surface area contributed by atoms with E-state index in [1.54, 1.807) is 22.9 Å². The Balaban J connectivity index is 1.22. The van der Waals surface area contributed by atoms with E-state index in [0.29, 0.717) is 25.3 Å². The zero-order chi connectivity index (χ0) is 26.0. The van der Waals surface area contributed by atoms with Crippen molar-refractivity contribution in [2.75, 3.05) is 39.4 Å². The molecule has 3 atom stereocenters. The molecule has 37 heavy (non-hydrogen) atoms. The number of thioether (sulfide) groups is 1. The molecule has 2 saturated heterocycles. The molecule has 0 saturated carbocycles. The van der Waals surface area contributed by atoms with Crippen LogP contribution < -0.4 is 10.9 Å². The normalized spacial score (nSPS) is 24.8. The number of amides is 1. The van der Waals surface area contributed by atoms with E-state index in [-0.39, 0.29) is 42.5 Å². The lowest BCUT2D eigenvalue weighted by atomic mass is 10.1. The van der Waals surface area contributed by atoms with Crippen molar-refractivity contribution in [1.29, 1.82) is 0 Å². The molecule has 5 rings (SSSR count). The van der Waals surface area contributed by atoms with E-state index in [0.717, 1.165) is 43.6 Å². The first-order chi connectivity index (χ1) is 17.8. The third-order valence-corrected chi connectivity index (χ3v) is 8.54. The highest BCUT2D eigenvalue weighted by molar-refractivity contribution is 7.99. The highest BCUT2D eigenvalue weighted by Gasteiger charge is 2.39. The second-order valence-corrected chi connectivity index (χ2v) is 11.0. The first-order valence-corrected chi connectivity index (χ1v) is 13.5. The van der Waals surface area contributed by atoms with Gasteiger partial charge >= 0.3 is 6.18 Å². The summed E-state index contributed by atoms with van der Waals surface area (Å²) < 4.78 is 46.5. The summed E-state index contributed by atoms with van der Waals surface area (Å²) >= 11 is 1.77. The summed E-state index contributed by atoms with van der Waals surface area (Å²) in [7, 11) is 0. The van der Waals surface area contributed by atoms with Gasteiger partial charge in [0.05, 0.1) is 30.5 Å². The molecule has 12 heteroatoms. The number of carbonyl (C=O) groups is 1. The van der Waals surface area contributed by atoms with E-state index in [1.165, 1.54) is 4.57 Å². The molecule has 2 aromatic heterocycles. The van der Waals surface area contributed by atoms with Crippen molar-refractivity contribution >= 4 is 17.7 Å². The van der Waals surface area contributed by atoms with Crippen LogP contribution in [0, 0.1) is 0 Å². The van der Waals surface area contributed by atoms with Crippen LogP contribution in [0.1, 0.15) is 23.4 Å². The van der Waals surface area contributed by atoms with Crippen molar-refractivity contribution < 1.29 is 22.7 Å². The number of fused-ring (bicyclic) bond motifs is 1. The number of hydrogen-bond donors (Lipinski definition) is 1. The molecular weight excluding hydrogens is 507 g/mol. The fourth-order valence-corrected chi connectivity index (χ4v) is 6.47. The van der Waals surface area contributed by atoms with E-state index in [9.17, 15) is 22.8 Å². The van der Waals surface area contributed by atoms with Gasteiger partial charge < -0.3 is 14.6 Å². The van der Waals surface area contributed by atoms with Crippen molar-refractivity contribution in [3.05, 3.63) is 63.8 Å². The Morgan fingerprint density at radius 2 is 2.08 bits per heavy atom. The second-order valence-electron chi connectivity index (χ2n) is 9.75. The number of aromatic nitrogens is 2. The second kappa shape index (κ2) is 11.1. The molecule has 2 unspecified atom stereocenters. The number of likely N-dealkylation sites (tertiary alicyclic amines) is 1. The van der Waals surface area contributed by atoms with Gasteiger partial charge in [0.25, 0.3) is 5.56 Å². The Kier molecular flexibility index (Phi) is 7.89. The monoisotopic (exact) mass is 537 g/mol. The summed E-state index contributed by atoms with van der Waals surface area (Å²) in [5.41, 5.74) is -0.356. The number of hydrogen-bond acceptors (Lipinski definition) is 7. The van der Waals surface area contributed by atoms with E-state index in [2.05, 4.69) is 15.2 Å². The van der Waals surface area contributed by atoms with Gasteiger partial charge in [-0.1, -0.05) is 6.07 Å². The zero-order valence-electron chi connectivity index (χ0n) is 20.3. The first-order valence-electron chi connectivity index (χ1n) is 12.4. The van der Waals surface area contributed by atoms with Gasteiger partial charge in [-0.2, -0.15) is 13.2 Å². The van der Waals surface area contributed by atoms with Gasteiger partial charge in [-0.3, -0.25) is 24.4 Å². The summed E-state index contributed by atoms with van der Waals surface area (Å²) in [6.07, 6.45) is -1.84. The maximum atomic E-state index is 13.2. The van der Waals surface area contributed by atoms with E-state index in [4.69, 9.17) is 4.74 Å². The quantitative estimate of drug-likeness (QED) is 0.579. The molecular formula is C25H30F3N5O3S. The largest absolute Gasteiger partial charge is 0.416 e. The van der Waals surface area contributed by atoms with Crippen LogP contribution in [0.4, 0.5) is 13.2 Å². The average molecular weight is 538 g/mol. The molecule has 2 fully saturated rings. The minimum atomic E-state index is -4.59. The fraction of sp³-hybridized carbons (Fsp3) is 0.560. The summed E-state index contributed by atoms with van der Waals surface area (Å²) in [5, 5.41) is 3.37. The molecule has 200 valence electrons. The van der Waals surface area contributed by atoms with Gasteiger partial charge in [0.1, 0.15) is 0 Å². The van der Waals surface area contributed by atoms with Gasteiger partial charge in [0, 0.05) is 74.3 Å². The van der Waals surface area contributed by atoms with Crippen LogP contribution in [0.5, 0.6) is 0 Å². The third-order valence-electron chi connectivity index (χ3n) is 7.17. The first kappa shape index (κ1) is 26.2.